The third kappa shape index (κ3) is 2.15. The van der Waals surface area contributed by atoms with Gasteiger partial charge >= 0.3 is 0 Å². The highest BCUT2D eigenvalue weighted by molar-refractivity contribution is 6.01. The third-order valence-corrected chi connectivity index (χ3v) is 3.97. The topological polar surface area (TPSA) is 64.7 Å². The molecule has 1 N–H and O–H groups in total. The minimum atomic E-state index is -0.136. The summed E-state index contributed by atoms with van der Waals surface area (Å²) in [7, 11) is 0. The number of rotatable bonds is 4. The van der Waals surface area contributed by atoms with Gasteiger partial charge in [0.25, 0.3) is 5.56 Å². The Morgan fingerprint density at radius 2 is 1.92 bits per heavy atom. The Bertz CT molecular complexity index is 1070. The van der Waals surface area contributed by atoms with Crippen LogP contribution in [0.4, 0.5) is 0 Å². The molecular weight excluding hydrogens is 302 g/mol. The first-order valence-corrected chi connectivity index (χ1v) is 7.97. The first-order valence-electron chi connectivity index (χ1n) is 7.97. The Hall–Kier alpha value is -3.15. The van der Waals surface area contributed by atoms with Crippen molar-refractivity contribution in [2.24, 2.45) is 0 Å². The summed E-state index contributed by atoms with van der Waals surface area (Å²) in [6.07, 6.45) is 4.31. The number of hydrogen-bond acceptors (Lipinski definition) is 4. The van der Waals surface area contributed by atoms with E-state index in [1.165, 1.54) is 0 Å². The fourth-order valence-corrected chi connectivity index (χ4v) is 2.88. The van der Waals surface area contributed by atoms with Gasteiger partial charge in [-0.05, 0) is 30.7 Å². The van der Waals surface area contributed by atoms with Crippen LogP contribution in [0.2, 0.25) is 0 Å². The van der Waals surface area contributed by atoms with Crippen molar-refractivity contribution in [1.29, 1.82) is 0 Å². The van der Waals surface area contributed by atoms with Crippen LogP contribution in [-0.2, 0) is 0 Å². The number of fused-ring (bicyclic) bond motifs is 3. The monoisotopic (exact) mass is 319 g/mol. The lowest BCUT2D eigenvalue weighted by atomic mass is 10.2. The van der Waals surface area contributed by atoms with Gasteiger partial charge in [-0.25, -0.2) is 14.6 Å². The van der Waals surface area contributed by atoms with Crippen LogP contribution in [0.3, 0.4) is 0 Å². The van der Waals surface area contributed by atoms with Gasteiger partial charge in [0.1, 0.15) is 17.5 Å². The Morgan fingerprint density at radius 1 is 1.08 bits per heavy atom. The van der Waals surface area contributed by atoms with E-state index in [1.54, 1.807) is 21.8 Å². The number of nitrogens with zero attached hydrogens (tertiary/aromatic N) is 4. The van der Waals surface area contributed by atoms with Crippen LogP contribution in [0.1, 0.15) is 13.3 Å². The molecule has 24 heavy (non-hydrogen) atoms. The molecule has 0 saturated carbocycles. The van der Waals surface area contributed by atoms with E-state index in [4.69, 9.17) is 0 Å². The molecule has 6 nitrogen and oxygen atoms in total. The first-order chi connectivity index (χ1) is 11.8. The van der Waals surface area contributed by atoms with Gasteiger partial charge in [0.15, 0.2) is 5.52 Å². The number of para-hydroxylation sites is 1. The van der Waals surface area contributed by atoms with Gasteiger partial charge in [0.05, 0.1) is 5.69 Å². The predicted molar refractivity (Wildman–Crippen MR) is 95.1 cm³/mol. The number of pyridine rings is 2. The van der Waals surface area contributed by atoms with Crippen LogP contribution < -0.4 is 11.0 Å². The van der Waals surface area contributed by atoms with Crippen LogP contribution in [0.5, 0.6) is 0 Å². The second-order valence-electron chi connectivity index (χ2n) is 5.57. The smallest absolute Gasteiger partial charge is 0.284 e. The van der Waals surface area contributed by atoms with Crippen molar-refractivity contribution < 1.29 is 0 Å². The molecule has 0 radical (unpaired) electrons. The molecule has 3 aromatic heterocycles. The van der Waals surface area contributed by atoms with Crippen molar-refractivity contribution in [3.63, 3.8) is 0 Å². The molecule has 0 fully saturated rings. The maximum Gasteiger partial charge on any atom is 0.284 e. The van der Waals surface area contributed by atoms with Gasteiger partial charge in [-0.1, -0.05) is 25.1 Å². The molecule has 6 heteroatoms. The average molecular weight is 319 g/mol. The van der Waals surface area contributed by atoms with E-state index in [2.05, 4.69) is 22.3 Å². The van der Waals surface area contributed by atoms with Gasteiger partial charge < -0.3 is 5.43 Å². The molecule has 0 bridgehead atoms. The maximum absolute atomic E-state index is 13.2. The van der Waals surface area contributed by atoms with E-state index in [0.29, 0.717) is 16.7 Å². The SMILES string of the molecule is CCCNn1cnc2c3cccnc3n(-c3ccccc3)c(=O)c21. The molecule has 0 saturated heterocycles. The molecule has 3 heterocycles. The zero-order valence-corrected chi connectivity index (χ0v) is 13.3. The Kier molecular flexibility index (Phi) is 3.49. The van der Waals surface area contributed by atoms with Crippen molar-refractivity contribution in [2.45, 2.75) is 13.3 Å². The molecular formula is C18H17N5O. The van der Waals surface area contributed by atoms with E-state index in [0.717, 1.165) is 24.0 Å². The van der Waals surface area contributed by atoms with Crippen molar-refractivity contribution in [1.82, 2.24) is 19.2 Å². The molecule has 0 spiro atoms. The highest BCUT2D eigenvalue weighted by Crippen LogP contribution is 2.21. The zero-order valence-electron chi connectivity index (χ0n) is 13.3. The van der Waals surface area contributed by atoms with Gasteiger partial charge in [-0.3, -0.25) is 9.36 Å². The van der Waals surface area contributed by atoms with Crippen molar-refractivity contribution >= 4 is 22.1 Å². The van der Waals surface area contributed by atoms with Crippen LogP contribution in [-0.4, -0.2) is 25.8 Å². The second-order valence-corrected chi connectivity index (χ2v) is 5.57. The molecule has 0 amide bonds. The highest BCUT2D eigenvalue weighted by atomic mass is 16.1. The van der Waals surface area contributed by atoms with Crippen LogP contribution in [0.25, 0.3) is 27.8 Å². The Balaban J connectivity index is 2.13. The lowest BCUT2D eigenvalue weighted by molar-refractivity contribution is 0.819. The molecule has 120 valence electrons. The fourth-order valence-electron chi connectivity index (χ4n) is 2.88. The van der Waals surface area contributed by atoms with Gasteiger partial charge in [-0.15, -0.1) is 0 Å². The minimum Gasteiger partial charge on any atom is -0.324 e. The van der Waals surface area contributed by atoms with Crippen molar-refractivity contribution in [2.75, 3.05) is 12.0 Å². The Labute approximate surface area is 138 Å². The first kappa shape index (κ1) is 14.4. The molecule has 4 rings (SSSR count). The van der Waals surface area contributed by atoms with E-state index in [9.17, 15) is 4.79 Å². The molecule has 4 aromatic rings. The van der Waals surface area contributed by atoms with Crippen molar-refractivity contribution in [3.05, 3.63) is 65.3 Å². The molecule has 0 aliphatic rings. The van der Waals surface area contributed by atoms with Crippen LogP contribution >= 0.6 is 0 Å². The summed E-state index contributed by atoms with van der Waals surface area (Å²) in [5, 5.41) is 0.855. The highest BCUT2D eigenvalue weighted by Gasteiger charge is 2.17. The van der Waals surface area contributed by atoms with Crippen molar-refractivity contribution in [3.8, 4) is 5.69 Å². The molecule has 0 aliphatic heterocycles. The lowest BCUT2D eigenvalue weighted by Crippen LogP contribution is -2.25. The second kappa shape index (κ2) is 5.81. The summed E-state index contributed by atoms with van der Waals surface area (Å²) in [5.41, 5.74) is 5.69. The number of hydrogen-bond donors (Lipinski definition) is 1. The van der Waals surface area contributed by atoms with E-state index in [1.807, 2.05) is 42.5 Å². The molecule has 0 atom stereocenters. The van der Waals surface area contributed by atoms with E-state index >= 15 is 0 Å². The summed E-state index contributed by atoms with van der Waals surface area (Å²) in [5.74, 6) is 0. The summed E-state index contributed by atoms with van der Waals surface area (Å²) < 4.78 is 3.36. The van der Waals surface area contributed by atoms with Gasteiger partial charge in [-0.2, -0.15) is 0 Å². The molecule has 0 unspecified atom stereocenters. The zero-order chi connectivity index (χ0) is 16.5. The van der Waals surface area contributed by atoms with Gasteiger partial charge in [0.2, 0.25) is 0 Å². The van der Waals surface area contributed by atoms with E-state index in [-0.39, 0.29) is 5.56 Å². The Morgan fingerprint density at radius 3 is 2.71 bits per heavy atom. The summed E-state index contributed by atoms with van der Waals surface area (Å²) in [6.45, 7) is 2.84. The number of benzene rings is 1. The van der Waals surface area contributed by atoms with Gasteiger partial charge in [0, 0.05) is 18.1 Å². The number of aromatic nitrogens is 4. The standard InChI is InChI=1S/C18H17N5O/c1-2-10-21-22-12-20-15-14-9-6-11-19-17(14)23(18(24)16(15)22)13-7-4-3-5-8-13/h3-9,11-12,21H,2,10H2,1H3. The molecule has 1 aromatic carbocycles. The average Bonchev–Trinajstić information content (AvgIpc) is 3.06. The maximum atomic E-state index is 13.2. The fraction of sp³-hybridized carbons (Fsp3) is 0.167. The van der Waals surface area contributed by atoms with Crippen LogP contribution in [0.15, 0.2) is 59.8 Å². The van der Waals surface area contributed by atoms with E-state index < -0.39 is 0 Å². The lowest BCUT2D eigenvalue weighted by Gasteiger charge is -2.12. The predicted octanol–water partition coefficient (Wildman–Crippen LogP) is 2.69. The quantitative estimate of drug-likeness (QED) is 0.628. The number of nitrogens with one attached hydrogen (secondary N) is 1. The minimum absolute atomic E-state index is 0.136. The van der Waals surface area contributed by atoms with Crippen LogP contribution in [0, 0.1) is 0 Å². The summed E-state index contributed by atoms with van der Waals surface area (Å²) in [6, 6.07) is 13.4. The number of imidazole rings is 1. The summed E-state index contributed by atoms with van der Waals surface area (Å²) >= 11 is 0. The summed E-state index contributed by atoms with van der Waals surface area (Å²) in [4.78, 5) is 22.1. The largest absolute Gasteiger partial charge is 0.324 e. The normalized spacial score (nSPS) is 11.2. The molecule has 0 aliphatic carbocycles. The third-order valence-electron chi connectivity index (χ3n) is 3.97.